The molecule has 0 aliphatic heterocycles. The smallest absolute Gasteiger partial charge is 0.451 e. The molecule has 0 saturated heterocycles. The highest BCUT2D eigenvalue weighted by molar-refractivity contribution is 6.40. The molecule has 1 aromatic carbocycles. The van der Waals surface area contributed by atoms with Gasteiger partial charge in [-0.05, 0) is 42.3 Å². The fraction of sp³-hybridized carbons (Fsp3) is 0.500. The first-order valence-electron chi connectivity index (χ1n) is 7.04. The van der Waals surface area contributed by atoms with Crippen molar-refractivity contribution in [1.29, 1.82) is 0 Å². The summed E-state index contributed by atoms with van der Waals surface area (Å²) >= 11 is 0. The lowest BCUT2D eigenvalue weighted by Crippen LogP contribution is -2.19. The summed E-state index contributed by atoms with van der Waals surface area (Å²) in [4.78, 5) is 11.5. The monoisotopic (exact) mass is 295 g/mol. The van der Waals surface area contributed by atoms with Crippen molar-refractivity contribution in [2.24, 2.45) is 11.7 Å². The van der Waals surface area contributed by atoms with E-state index in [2.05, 4.69) is 0 Å². The standard InChI is InChI=1S/C14H19BFNO4/c16-12-6-9-4-8(2-1-3-15(20)21)13(14(18)19)11(9)5-10(12)7-17/h5-6,8,13,20-21H,1-4,7,17H2,(H,18,19). The van der Waals surface area contributed by atoms with E-state index in [0.717, 1.165) is 0 Å². The Morgan fingerprint density at radius 3 is 2.71 bits per heavy atom. The van der Waals surface area contributed by atoms with E-state index in [0.29, 0.717) is 36.0 Å². The van der Waals surface area contributed by atoms with E-state index >= 15 is 0 Å². The minimum Gasteiger partial charge on any atom is -0.481 e. The molecule has 1 aliphatic carbocycles. The topological polar surface area (TPSA) is 104 Å². The molecule has 0 radical (unpaired) electrons. The van der Waals surface area contributed by atoms with Gasteiger partial charge >= 0.3 is 13.1 Å². The molecule has 0 heterocycles. The zero-order valence-corrected chi connectivity index (χ0v) is 11.6. The molecule has 1 aromatic rings. The van der Waals surface area contributed by atoms with Crippen LogP contribution in [0.2, 0.25) is 6.32 Å². The number of hydrogen-bond donors (Lipinski definition) is 4. The first-order chi connectivity index (χ1) is 9.93. The predicted octanol–water partition coefficient (Wildman–Crippen LogP) is 0.878. The highest BCUT2D eigenvalue weighted by Crippen LogP contribution is 2.41. The molecule has 2 unspecified atom stereocenters. The molecule has 2 atom stereocenters. The van der Waals surface area contributed by atoms with Gasteiger partial charge in [-0.25, -0.2) is 4.39 Å². The summed E-state index contributed by atoms with van der Waals surface area (Å²) in [6, 6.07) is 2.94. The Bertz CT molecular complexity index is 538. The maximum Gasteiger partial charge on any atom is 0.451 e. The Morgan fingerprint density at radius 2 is 2.14 bits per heavy atom. The summed E-state index contributed by atoms with van der Waals surface area (Å²) in [5.74, 6) is -2.16. The van der Waals surface area contributed by atoms with Gasteiger partial charge in [-0.2, -0.15) is 0 Å². The van der Waals surface area contributed by atoms with Crippen molar-refractivity contribution in [2.45, 2.75) is 38.0 Å². The third-order valence-corrected chi connectivity index (χ3v) is 4.12. The molecule has 0 aromatic heterocycles. The molecule has 0 amide bonds. The van der Waals surface area contributed by atoms with Crippen molar-refractivity contribution < 1.29 is 24.3 Å². The van der Waals surface area contributed by atoms with Crippen molar-refractivity contribution in [3.63, 3.8) is 0 Å². The van der Waals surface area contributed by atoms with Crippen LogP contribution in [0, 0.1) is 11.7 Å². The van der Waals surface area contributed by atoms with Gasteiger partial charge in [-0.15, -0.1) is 0 Å². The summed E-state index contributed by atoms with van der Waals surface area (Å²) in [6.07, 6.45) is 1.78. The van der Waals surface area contributed by atoms with Gasteiger partial charge in [-0.1, -0.05) is 12.5 Å². The highest BCUT2D eigenvalue weighted by Gasteiger charge is 2.37. The van der Waals surface area contributed by atoms with Gasteiger partial charge in [-0.3, -0.25) is 4.79 Å². The lowest BCUT2D eigenvalue weighted by Gasteiger charge is -2.16. The first-order valence-corrected chi connectivity index (χ1v) is 7.04. The molecular weight excluding hydrogens is 276 g/mol. The van der Waals surface area contributed by atoms with E-state index in [1.54, 1.807) is 6.07 Å². The van der Waals surface area contributed by atoms with E-state index in [9.17, 15) is 14.3 Å². The molecular formula is C14H19BFNO4. The fourth-order valence-corrected chi connectivity index (χ4v) is 3.12. The number of aliphatic carboxylic acids is 1. The van der Waals surface area contributed by atoms with Gasteiger partial charge in [0.25, 0.3) is 0 Å². The second-order valence-corrected chi connectivity index (χ2v) is 5.54. The van der Waals surface area contributed by atoms with Crippen molar-refractivity contribution in [1.82, 2.24) is 0 Å². The average Bonchev–Trinajstić information content (AvgIpc) is 2.74. The number of carbonyl (C=O) groups is 1. The third kappa shape index (κ3) is 3.43. The maximum atomic E-state index is 13.8. The summed E-state index contributed by atoms with van der Waals surface area (Å²) in [5, 5.41) is 27.2. The number of fused-ring (bicyclic) bond motifs is 1. The van der Waals surface area contributed by atoms with Gasteiger partial charge in [0.1, 0.15) is 5.82 Å². The Kier molecular flexibility index (Phi) is 4.98. The molecule has 1 aliphatic rings. The number of halogens is 1. The van der Waals surface area contributed by atoms with Crippen LogP contribution in [0.1, 0.15) is 35.4 Å². The summed E-state index contributed by atoms with van der Waals surface area (Å²) in [6.45, 7) is 0.0345. The van der Waals surface area contributed by atoms with Gasteiger partial charge < -0.3 is 20.9 Å². The lowest BCUT2D eigenvalue weighted by atomic mass is 9.80. The summed E-state index contributed by atoms with van der Waals surface area (Å²) in [5.41, 5.74) is 7.15. The van der Waals surface area contributed by atoms with Crippen molar-refractivity contribution in [3.05, 3.63) is 34.6 Å². The highest BCUT2D eigenvalue weighted by atomic mass is 19.1. The van der Waals surface area contributed by atoms with Gasteiger partial charge in [0, 0.05) is 12.1 Å². The van der Waals surface area contributed by atoms with Crippen LogP contribution in [0.4, 0.5) is 4.39 Å². The number of hydrogen-bond acceptors (Lipinski definition) is 4. The molecule has 0 saturated carbocycles. The lowest BCUT2D eigenvalue weighted by molar-refractivity contribution is -0.139. The Balaban J connectivity index is 2.21. The molecule has 7 heteroatoms. The Labute approximate surface area is 122 Å². The van der Waals surface area contributed by atoms with Crippen LogP contribution in [0.15, 0.2) is 12.1 Å². The SMILES string of the molecule is NCc1cc2c(cc1F)CC(CCCB(O)O)C2C(=O)O. The quantitative estimate of drug-likeness (QED) is 0.583. The average molecular weight is 295 g/mol. The molecule has 5 nitrogen and oxygen atoms in total. The molecule has 0 fully saturated rings. The van der Waals surface area contributed by atoms with Crippen LogP contribution in [0.3, 0.4) is 0 Å². The Morgan fingerprint density at radius 1 is 1.43 bits per heavy atom. The minimum atomic E-state index is -1.38. The van der Waals surface area contributed by atoms with Crippen LogP contribution in [-0.2, 0) is 17.8 Å². The fourth-order valence-electron chi connectivity index (χ4n) is 3.12. The van der Waals surface area contributed by atoms with Crippen LogP contribution in [0.5, 0.6) is 0 Å². The first kappa shape index (κ1) is 15.9. The van der Waals surface area contributed by atoms with E-state index in [1.807, 2.05) is 0 Å². The summed E-state index contributed by atoms with van der Waals surface area (Å²) in [7, 11) is -1.38. The largest absolute Gasteiger partial charge is 0.481 e. The van der Waals surface area contributed by atoms with Crippen LogP contribution >= 0.6 is 0 Å². The Hall–Kier alpha value is -1.44. The second kappa shape index (κ2) is 6.55. The van der Waals surface area contributed by atoms with E-state index in [4.69, 9.17) is 15.8 Å². The normalized spacial score (nSPS) is 20.4. The predicted molar refractivity (Wildman–Crippen MR) is 76.1 cm³/mol. The van der Waals surface area contributed by atoms with Crippen LogP contribution < -0.4 is 5.73 Å². The molecule has 114 valence electrons. The maximum absolute atomic E-state index is 13.8. The van der Waals surface area contributed by atoms with E-state index < -0.39 is 24.8 Å². The van der Waals surface area contributed by atoms with Gasteiger partial charge in [0.05, 0.1) is 5.92 Å². The van der Waals surface area contributed by atoms with Crippen LogP contribution in [0.25, 0.3) is 0 Å². The van der Waals surface area contributed by atoms with E-state index in [1.165, 1.54) is 6.07 Å². The zero-order valence-electron chi connectivity index (χ0n) is 11.6. The van der Waals surface area contributed by atoms with Crippen molar-refractivity contribution in [2.75, 3.05) is 0 Å². The molecule has 2 rings (SSSR count). The molecule has 0 spiro atoms. The zero-order chi connectivity index (χ0) is 15.6. The van der Waals surface area contributed by atoms with Crippen molar-refractivity contribution >= 4 is 13.1 Å². The number of carboxylic acids is 1. The third-order valence-electron chi connectivity index (χ3n) is 4.12. The molecule has 0 bridgehead atoms. The summed E-state index contributed by atoms with van der Waals surface area (Å²) < 4.78 is 13.8. The molecule has 5 N–H and O–H groups in total. The van der Waals surface area contributed by atoms with Gasteiger partial charge in [0.15, 0.2) is 0 Å². The molecule has 21 heavy (non-hydrogen) atoms. The van der Waals surface area contributed by atoms with E-state index in [-0.39, 0.29) is 18.8 Å². The number of rotatable bonds is 6. The van der Waals surface area contributed by atoms with Gasteiger partial charge in [0.2, 0.25) is 0 Å². The number of nitrogens with two attached hydrogens (primary N) is 1. The van der Waals surface area contributed by atoms with Crippen LogP contribution in [-0.4, -0.2) is 28.2 Å². The number of carboxylic acid groups (broad SMARTS) is 1. The number of benzene rings is 1. The minimum absolute atomic E-state index is 0.0345. The second-order valence-electron chi connectivity index (χ2n) is 5.54. The van der Waals surface area contributed by atoms with Crippen molar-refractivity contribution in [3.8, 4) is 0 Å².